The van der Waals surface area contributed by atoms with Gasteiger partial charge in [0.25, 0.3) is 0 Å². The molecule has 2 heterocycles. The van der Waals surface area contributed by atoms with Gasteiger partial charge in [0.15, 0.2) is 0 Å². The summed E-state index contributed by atoms with van der Waals surface area (Å²) in [5.74, 6) is 3.06. The van der Waals surface area contributed by atoms with E-state index in [0.717, 1.165) is 24.5 Å². The molecule has 2 aromatic rings. The predicted molar refractivity (Wildman–Crippen MR) is 91.8 cm³/mol. The van der Waals surface area contributed by atoms with Gasteiger partial charge in [-0.15, -0.1) is 0 Å². The minimum absolute atomic E-state index is 0.418. The molecular formula is C19H24N2O3. The number of hydrogen-bond acceptors (Lipinski definition) is 5. The Labute approximate surface area is 143 Å². The quantitative estimate of drug-likeness (QED) is 0.806. The van der Waals surface area contributed by atoms with Gasteiger partial charge in [0.05, 0.1) is 33.2 Å². The van der Waals surface area contributed by atoms with Gasteiger partial charge < -0.3 is 14.2 Å². The summed E-state index contributed by atoms with van der Waals surface area (Å²) in [4.78, 5) is 8.50. The Balaban J connectivity index is 1.72. The van der Waals surface area contributed by atoms with E-state index in [2.05, 4.69) is 16.0 Å². The van der Waals surface area contributed by atoms with E-state index in [1.54, 1.807) is 32.8 Å². The molecule has 0 bridgehead atoms. The Kier molecular flexibility index (Phi) is 5.51. The first-order valence-electron chi connectivity index (χ1n) is 8.42. The fourth-order valence-corrected chi connectivity index (χ4v) is 3.47. The molecule has 0 N–H and O–H groups in total. The van der Waals surface area contributed by atoms with Gasteiger partial charge in [0.1, 0.15) is 11.5 Å². The summed E-state index contributed by atoms with van der Waals surface area (Å²) in [6, 6.07) is 5.98. The van der Waals surface area contributed by atoms with Crippen molar-refractivity contribution in [3.63, 3.8) is 0 Å². The van der Waals surface area contributed by atoms with E-state index in [9.17, 15) is 0 Å². The molecular weight excluding hydrogens is 304 g/mol. The van der Waals surface area contributed by atoms with Crippen molar-refractivity contribution in [2.24, 2.45) is 5.92 Å². The lowest BCUT2D eigenvalue weighted by atomic mass is 9.76. The smallest absolute Gasteiger partial charge is 0.216 e. The molecule has 5 nitrogen and oxygen atoms in total. The van der Waals surface area contributed by atoms with Crippen molar-refractivity contribution < 1.29 is 14.2 Å². The fourth-order valence-electron chi connectivity index (χ4n) is 3.47. The highest BCUT2D eigenvalue weighted by Crippen LogP contribution is 2.40. The number of aromatic nitrogens is 2. The van der Waals surface area contributed by atoms with Crippen molar-refractivity contribution in [2.75, 3.05) is 20.8 Å². The van der Waals surface area contributed by atoms with E-state index in [4.69, 9.17) is 14.2 Å². The van der Waals surface area contributed by atoms with Gasteiger partial charge in [-0.2, -0.15) is 0 Å². The van der Waals surface area contributed by atoms with Crippen LogP contribution in [0, 0.1) is 5.92 Å². The molecule has 0 spiro atoms. The Hall–Kier alpha value is -2.30. The molecule has 0 aliphatic heterocycles. The monoisotopic (exact) mass is 328 g/mol. The van der Waals surface area contributed by atoms with Crippen LogP contribution in [0.1, 0.15) is 37.2 Å². The summed E-state index contributed by atoms with van der Waals surface area (Å²) in [5, 5.41) is 0. The van der Waals surface area contributed by atoms with Crippen molar-refractivity contribution in [2.45, 2.75) is 31.6 Å². The lowest BCUT2D eigenvalue weighted by Gasteiger charge is -2.32. The SMILES string of the molecule is COc1cncc(OCC2CCCCC2c2cccnc2OC)c1. The summed E-state index contributed by atoms with van der Waals surface area (Å²) < 4.78 is 16.7. The molecule has 1 saturated carbocycles. The number of rotatable bonds is 6. The third-order valence-electron chi connectivity index (χ3n) is 4.69. The van der Waals surface area contributed by atoms with Crippen LogP contribution in [0.15, 0.2) is 36.8 Å². The summed E-state index contributed by atoms with van der Waals surface area (Å²) in [7, 11) is 3.31. The minimum Gasteiger partial charge on any atom is -0.495 e. The molecule has 2 atom stereocenters. The van der Waals surface area contributed by atoms with Crippen molar-refractivity contribution in [1.29, 1.82) is 0 Å². The number of nitrogens with zero attached hydrogens (tertiary/aromatic N) is 2. The second kappa shape index (κ2) is 7.99. The molecule has 0 saturated heterocycles. The van der Waals surface area contributed by atoms with E-state index in [1.165, 1.54) is 18.4 Å². The van der Waals surface area contributed by atoms with Crippen molar-refractivity contribution in [3.8, 4) is 17.4 Å². The molecule has 128 valence electrons. The highest BCUT2D eigenvalue weighted by atomic mass is 16.5. The maximum atomic E-state index is 6.01. The zero-order valence-electron chi connectivity index (χ0n) is 14.3. The predicted octanol–water partition coefficient (Wildman–Crippen LogP) is 3.85. The van der Waals surface area contributed by atoms with Crippen LogP contribution < -0.4 is 14.2 Å². The van der Waals surface area contributed by atoms with Crippen LogP contribution in [0.5, 0.6) is 17.4 Å². The fraction of sp³-hybridized carbons (Fsp3) is 0.474. The number of methoxy groups -OCH3 is 2. The highest BCUT2D eigenvalue weighted by Gasteiger charge is 2.29. The Bertz CT molecular complexity index is 663. The minimum atomic E-state index is 0.418. The molecule has 2 aromatic heterocycles. The summed E-state index contributed by atoms with van der Waals surface area (Å²) in [6.45, 7) is 0.664. The van der Waals surface area contributed by atoms with Crippen LogP contribution in [-0.4, -0.2) is 30.8 Å². The molecule has 3 rings (SSSR count). The first-order chi connectivity index (χ1) is 11.8. The van der Waals surface area contributed by atoms with Gasteiger partial charge in [-0.3, -0.25) is 4.98 Å². The normalized spacial score (nSPS) is 20.4. The van der Waals surface area contributed by atoms with E-state index < -0.39 is 0 Å². The third kappa shape index (κ3) is 3.78. The Morgan fingerprint density at radius 1 is 1.08 bits per heavy atom. The van der Waals surface area contributed by atoms with Crippen LogP contribution in [0.3, 0.4) is 0 Å². The number of ether oxygens (including phenoxy) is 3. The molecule has 0 radical (unpaired) electrons. The van der Waals surface area contributed by atoms with Gasteiger partial charge in [-0.25, -0.2) is 4.98 Å². The molecule has 1 fully saturated rings. The third-order valence-corrected chi connectivity index (χ3v) is 4.69. The maximum Gasteiger partial charge on any atom is 0.216 e. The second-order valence-electron chi connectivity index (χ2n) is 6.12. The van der Waals surface area contributed by atoms with E-state index in [1.807, 2.05) is 12.1 Å². The van der Waals surface area contributed by atoms with Crippen molar-refractivity contribution in [3.05, 3.63) is 42.4 Å². The lowest BCUT2D eigenvalue weighted by molar-refractivity contribution is 0.183. The first kappa shape index (κ1) is 16.6. The van der Waals surface area contributed by atoms with Crippen LogP contribution in [0.25, 0.3) is 0 Å². The topological polar surface area (TPSA) is 53.5 Å². The van der Waals surface area contributed by atoms with Crippen LogP contribution in [0.4, 0.5) is 0 Å². The van der Waals surface area contributed by atoms with Gasteiger partial charge in [0.2, 0.25) is 5.88 Å². The molecule has 2 unspecified atom stereocenters. The van der Waals surface area contributed by atoms with Crippen LogP contribution in [0.2, 0.25) is 0 Å². The summed E-state index contributed by atoms with van der Waals surface area (Å²) in [5.41, 5.74) is 1.19. The van der Waals surface area contributed by atoms with E-state index in [-0.39, 0.29) is 0 Å². The van der Waals surface area contributed by atoms with Crippen molar-refractivity contribution >= 4 is 0 Å². The number of hydrogen-bond donors (Lipinski definition) is 0. The standard InChI is InChI=1S/C19H24N2O3/c1-22-15-10-16(12-20-11-15)24-13-14-6-3-4-7-17(14)18-8-5-9-21-19(18)23-2/h5,8-12,14,17H,3-4,6-7,13H2,1-2H3. The molecule has 24 heavy (non-hydrogen) atoms. The average Bonchev–Trinajstić information content (AvgIpc) is 2.66. The Morgan fingerprint density at radius 2 is 1.92 bits per heavy atom. The largest absolute Gasteiger partial charge is 0.495 e. The zero-order valence-corrected chi connectivity index (χ0v) is 14.3. The molecule has 0 amide bonds. The van der Waals surface area contributed by atoms with Crippen LogP contribution >= 0.6 is 0 Å². The van der Waals surface area contributed by atoms with Crippen LogP contribution in [-0.2, 0) is 0 Å². The first-order valence-corrected chi connectivity index (χ1v) is 8.42. The molecule has 1 aliphatic carbocycles. The van der Waals surface area contributed by atoms with Crippen molar-refractivity contribution in [1.82, 2.24) is 9.97 Å². The molecule has 1 aliphatic rings. The highest BCUT2D eigenvalue weighted by molar-refractivity contribution is 5.31. The summed E-state index contributed by atoms with van der Waals surface area (Å²) in [6.07, 6.45) is 9.95. The average molecular weight is 328 g/mol. The van der Waals surface area contributed by atoms with Gasteiger partial charge >= 0.3 is 0 Å². The van der Waals surface area contributed by atoms with Gasteiger partial charge in [-0.05, 0) is 24.8 Å². The zero-order chi connectivity index (χ0) is 16.8. The number of pyridine rings is 2. The maximum absolute atomic E-state index is 6.01. The molecule has 0 aromatic carbocycles. The van der Waals surface area contributed by atoms with Gasteiger partial charge in [-0.1, -0.05) is 18.9 Å². The lowest BCUT2D eigenvalue weighted by Crippen LogP contribution is -2.24. The Morgan fingerprint density at radius 3 is 2.75 bits per heavy atom. The van der Waals surface area contributed by atoms with E-state index >= 15 is 0 Å². The molecule has 5 heteroatoms. The second-order valence-corrected chi connectivity index (χ2v) is 6.12. The van der Waals surface area contributed by atoms with E-state index in [0.29, 0.717) is 24.2 Å². The summed E-state index contributed by atoms with van der Waals surface area (Å²) >= 11 is 0. The van der Waals surface area contributed by atoms with Gasteiger partial charge in [0, 0.05) is 23.7 Å².